The first-order valence-corrected chi connectivity index (χ1v) is 4.52. The summed E-state index contributed by atoms with van der Waals surface area (Å²) in [7, 11) is 0. The summed E-state index contributed by atoms with van der Waals surface area (Å²) in [6, 6.07) is 5.73. The fraction of sp³-hybridized carbons (Fsp3) is 0.111. The zero-order valence-corrected chi connectivity index (χ0v) is 8.39. The molecular weight excluding hydrogens is 207 g/mol. The van der Waals surface area contributed by atoms with Crippen molar-refractivity contribution in [3.05, 3.63) is 34.1 Å². The normalized spacial score (nSPS) is 10.7. The third-order valence-corrected chi connectivity index (χ3v) is 2.44. The van der Waals surface area contributed by atoms with Crippen molar-refractivity contribution < 1.29 is 0 Å². The fourth-order valence-corrected chi connectivity index (χ4v) is 1.44. The predicted molar refractivity (Wildman–Crippen MR) is 54.3 cm³/mol. The minimum atomic E-state index is 0.250. The summed E-state index contributed by atoms with van der Waals surface area (Å²) in [5, 5.41) is 0.503. The molecule has 2 rings (SSSR count). The van der Waals surface area contributed by atoms with E-state index in [1.54, 1.807) is 0 Å². The average Bonchev–Trinajstić information content (AvgIpc) is 2.09. The maximum absolute atomic E-state index is 5.75. The van der Waals surface area contributed by atoms with Crippen molar-refractivity contribution >= 4 is 34.2 Å². The van der Waals surface area contributed by atoms with Crippen LogP contribution >= 0.6 is 23.2 Å². The van der Waals surface area contributed by atoms with Crippen LogP contribution < -0.4 is 0 Å². The highest BCUT2D eigenvalue weighted by Gasteiger charge is 2.05. The van der Waals surface area contributed by atoms with Crippen molar-refractivity contribution in [3.8, 4) is 0 Å². The molecular formula is C9H6Cl2N2. The zero-order valence-electron chi connectivity index (χ0n) is 6.88. The SMILES string of the molecule is Cc1cccc2nc(Cl)c(Cl)nc12. The number of hydrogen-bond donors (Lipinski definition) is 0. The van der Waals surface area contributed by atoms with Gasteiger partial charge in [-0.25, -0.2) is 9.97 Å². The molecule has 0 unspecified atom stereocenters. The molecule has 2 nitrogen and oxygen atoms in total. The Morgan fingerprint density at radius 3 is 2.54 bits per heavy atom. The number of para-hydroxylation sites is 1. The van der Waals surface area contributed by atoms with Crippen molar-refractivity contribution in [2.75, 3.05) is 0 Å². The summed E-state index contributed by atoms with van der Waals surface area (Å²) in [4.78, 5) is 8.25. The molecule has 0 bridgehead atoms. The van der Waals surface area contributed by atoms with Gasteiger partial charge in [0.15, 0.2) is 10.3 Å². The van der Waals surface area contributed by atoms with E-state index < -0.39 is 0 Å². The number of halogens is 2. The van der Waals surface area contributed by atoms with Gasteiger partial charge in [-0.05, 0) is 18.6 Å². The lowest BCUT2D eigenvalue weighted by Gasteiger charge is -2.01. The van der Waals surface area contributed by atoms with Gasteiger partial charge in [-0.3, -0.25) is 0 Å². The molecule has 13 heavy (non-hydrogen) atoms. The van der Waals surface area contributed by atoms with E-state index in [-0.39, 0.29) is 10.3 Å². The second-order valence-corrected chi connectivity index (χ2v) is 3.46. The Morgan fingerprint density at radius 2 is 1.77 bits per heavy atom. The molecule has 1 aromatic carbocycles. The van der Waals surface area contributed by atoms with Gasteiger partial charge >= 0.3 is 0 Å². The smallest absolute Gasteiger partial charge is 0.167 e. The van der Waals surface area contributed by atoms with Gasteiger partial charge in [0.1, 0.15) is 0 Å². The van der Waals surface area contributed by atoms with Crippen LogP contribution in [0.1, 0.15) is 5.56 Å². The van der Waals surface area contributed by atoms with Crippen molar-refractivity contribution in [1.82, 2.24) is 9.97 Å². The number of fused-ring (bicyclic) bond motifs is 1. The molecule has 1 aromatic heterocycles. The highest BCUT2D eigenvalue weighted by molar-refractivity contribution is 6.40. The third-order valence-electron chi connectivity index (χ3n) is 1.82. The zero-order chi connectivity index (χ0) is 9.42. The molecule has 0 aliphatic carbocycles. The number of aromatic nitrogens is 2. The van der Waals surface area contributed by atoms with E-state index in [1.807, 2.05) is 25.1 Å². The van der Waals surface area contributed by atoms with E-state index in [0.717, 1.165) is 16.6 Å². The number of aryl methyl sites for hydroxylation is 1. The number of benzene rings is 1. The molecule has 0 saturated heterocycles. The predicted octanol–water partition coefficient (Wildman–Crippen LogP) is 3.25. The minimum absolute atomic E-state index is 0.250. The lowest BCUT2D eigenvalue weighted by atomic mass is 10.2. The Morgan fingerprint density at radius 1 is 1.08 bits per heavy atom. The van der Waals surface area contributed by atoms with Crippen LogP contribution in [0.5, 0.6) is 0 Å². The highest BCUT2D eigenvalue weighted by Crippen LogP contribution is 2.22. The van der Waals surface area contributed by atoms with Crippen molar-refractivity contribution in [1.29, 1.82) is 0 Å². The van der Waals surface area contributed by atoms with Gasteiger partial charge in [-0.15, -0.1) is 0 Å². The van der Waals surface area contributed by atoms with Crippen molar-refractivity contribution in [3.63, 3.8) is 0 Å². The van der Waals surface area contributed by atoms with Gasteiger partial charge in [-0.2, -0.15) is 0 Å². The van der Waals surface area contributed by atoms with Crippen LogP contribution in [0.4, 0.5) is 0 Å². The number of rotatable bonds is 0. The van der Waals surface area contributed by atoms with E-state index in [9.17, 15) is 0 Å². The summed E-state index contributed by atoms with van der Waals surface area (Å²) in [6.07, 6.45) is 0. The first-order chi connectivity index (χ1) is 6.18. The van der Waals surface area contributed by atoms with Crippen LogP contribution in [-0.4, -0.2) is 9.97 Å². The van der Waals surface area contributed by atoms with Gasteiger partial charge in [0, 0.05) is 0 Å². The van der Waals surface area contributed by atoms with Crippen LogP contribution in [0.15, 0.2) is 18.2 Å². The molecule has 0 saturated carbocycles. The summed E-state index contributed by atoms with van der Waals surface area (Å²) in [5.74, 6) is 0. The first kappa shape index (κ1) is 8.73. The van der Waals surface area contributed by atoms with Gasteiger partial charge in [0.25, 0.3) is 0 Å². The maximum atomic E-state index is 5.75. The van der Waals surface area contributed by atoms with Crippen LogP contribution in [0.25, 0.3) is 11.0 Å². The van der Waals surface area contributed by atoms with Crippen molar-refractivity contribution in [2.45, 2.75) is 6.92 Å². The summed E-state index contributed by atoms with van der Waals surface area (Å²) < 4.78 is 0. The van der Waals surface area contributed by atoms with E-state index in [2.05, 4.69) is 9.97 Å². The minimum Gasteiger partial charge on any atom is -0.231 e. The molecule has 0 radical (unpaired) electrons. The van der Waals surface area contributed by atoms with Crippen LogP contribution in [0.3, 0.4) is 0 Å². The van der Waals surface area contributed by atoms with Crippen LogP contribution in [0, 0.1) is 6.92 Å². The molecule has 0 aliphatic rings. The molecule has 0 aliphatic heterocycles. The topological polar surface area (TPSA) is 25.8 Å². The summed E-state index contributed by atoms with van der Waals surface area (Å²) in [6.45, 7) is 1.96. The number of hydrogen-bond acceptors (Lipinski definition) is 2. The van der Waals surface area contributed by atoms with E-state index in [1.165, 1.54) is 0 Å². The Balaban J connectivity index is 2.89. The second-order valence-electron chi connectivity index (χ2n) is 2.75. The fourth-order valence-electron chi connectivity index (χ4n) is 1.18. The average molecular weight is 213 g/mol. The van der Waals surface area contributed by atoms with E-state index in [0.29, 0.717) is 0 Å². The Hall–Kier alpha value is -0.860. The Bertz CT molecular complexity index is 468. The van der Waals surface area contributed by atoms with Gasteiger partial charge in [0.05, 0.1) is 11.0 Å². The van der Waals surface area contributed by atoms with E-state index >= 15 is 0 Å². The monoisotopic (exact) mass is 212 g/mol. The molecule has 66 valence electrons. The molecule has 0 amide bonds. The third kappa shape index (κ3) is 1.47. The molecule has 0 fully saturated rings. The molecule has 2 aromatic rings. The standard InChI is InChI=1S/C9H6Cl2N2/c1-5-3-2-4-6-7(5)13-9(11)8(10)12-6/h2-4H,1H3. The van der Waals surface area contributed by atoms with Gasteiger partial charge < -0.3 is 0 Å². The Labute approximate surface area is 85.5 Å². The molecule has 1 heterocycles. The van der Waals surface area contributed by atoms with Crippen molar-refractivity contribution in [2.24, 2.45) is 0 Å². The van der Waals surface area contributed by atoms with Gasteiger partial charge in [0.2, 0.25) is 0 Å². The summed E-state index contributed by atoms with van der Waals surface area (Å²) >= 11 is 11.5. The largest absolute Gasteiger partial charge is 0.231 e. The summed E-state index contributed by atoms with van der Waals surface area (Å²) in [5.41, 5.74) is 2.62. The molecule has 0 atom stereocenters. The van der Waals surface area contributed by atoms with E-state index in [4.69, 9.17) is 23.2 Å². The van der Waals surface area contributed by atoms with Crippen LogP contribution in [-0.2, 0) is 0 Å². The number of nitrogens with zero attached hydrogens (tertiary/aromatic N) is 2. The highest BCUT2D eigenvalue weighted by atomic mass is 35.5. The molecule has 0 spiro atoms. The second kappa shape index (κ2) is 3.13. The quantitative estimate of drug-likeness (QED) is 0.671. The first-order valence-electron chi connectivity index (χ1n) is 3.77. The molecule has 0 N–H and O–H groups in total. The van der Waals surface area contributed by atoms with Gasteiger partial charge in [-0.1, -0.05) is 35.3 Å². The molecule has 4 heteroatoms. The van der Waals surface area contributed by atoms with Crippen LogP contribution in [0.2, 0.25) is 10.3 Å². The Kier molecular flexibility index (Phi) is 2.10. The lowest BCUT2D eigenvalue weighted by Crippen LogP contribution is -1.88. The lowest BCUT2D eigenvalue weighted by molar-refractivity contribution is 1.27. The maximum Gasteiger partial charge on any atom is 0.167 e.